The second kappa shape index (κ2) is 9.61. The number of amides is 2. The SMILES string of the molecule is C=C(/C=C\C(=C)C(=O)N(C)C)C(=O)Nc1nc2c(C3CCOCC3)ccc(OC)c2[nH]1. The number of H-pyrrole nitrogens is 1. The van der Waals surface area contributed by atoms with Gasteiger partial charge in [-0.2, -0.15) is 0 Å². The summed E-state index contributed by atoms with van der Waals surface area (Å²) in [5.41, 5.74) is 3.03. The molecular weight excluding hydrogens is 396 g/mol. The number of likely N-dealkylation sites (N-methyl/N-ethyl adjacent to an activating group) is 1. The van der Waals surface area contributed by atoms with E-state index in [1.807, 2.05) is 12.1 Å². The first-order valence-electron chi connectivity index (χ1n) is 10.0. The van der Waals surface area contributed by atoms with Crippen LogP contribution in [0.2, 0.25) is 0 Å². The van der Waals surface area contributed by atoms with Crippen LogP contribution in [0.1, 0.15) is 24.3 Å². The van der Waals surface area contributed by atoms with E-state index in [1.54, 1.807) is 21.2 Å². The number of ether oxygens (including phenoxy) is 2. The molecule has 1 aromatic heterocycles. The zero-order chi connectivity index (χ0) is 22.5. The Balaban J connectivity index is 1.79. The van der Waals surface area contributed by atoms with Crippen molar-refractivity contribution in [3.05, 3.63) is 54.2 Å². The lowest BCUT2D eigenvalue weighted by atomic mass is 9.90. The van der Waals surface area contributed by atoms with Gasteiger partial charge in [-0.3, -0.25) is 14.9 Å². The van der Waals surface area contributed by atoms with E-state index in [4.69, 9.17) is 9.47 Å². The van der Waals surface area contributed by atoms with Gasteiger partial charge in [-0.15, -0.1) is 0 Å². The molecule has 0 atom stereocenters. The van der Waals surface area contributed by atoms with Gasteiger partial charge in [0, 0.05) is 38.5 Å². The quantitative estimate of drug-likeness (QED) is 0.526. The Labute approximate surface area is 181 Å². The van der Waals surface area contributed by atoms with Crippen LogP contribution < -0.4 is 10.1 Å². The molecule has 1 aliphatic heterocycles. The smallest absolute Gasteiger partial charge is 0.257 e. The number of aromatic nitrogens is 2. The zero-order valence-corrected chi connectivity index (χ0v) is 18.2. The standard InChI is InChI=1S/C23H28N4O4/c1-14(6-7-15(2)22(29)27(3)4)21(28)26-23-24-19-17(16-10-12-31-13-11-16)8-9-18(30-5)20(19)25-23/h6-9,16H,1-2,10-13H2,3-5H3,(H2,24,25,26,28)/b7-6-. The molecule has 8 heteroatoms. The summed E-state index contributed by atoms with van der Waals surface area (Å²) in [6, 6.07) is 3.94. The molecule has 0 spiro atoms. The number of anilines is 1. The minimum atomic E-state index is -0.438. The number of imidazole rings is 1. The van der Waals surface area contributed by atoms with Crippen LogP contribution >= 0.6 is 0 Å². The van der Waals surface area contributed by atoms with E-state index >= 15 is 0 Å². The van der Waals surface area contributed by atoms with Crippen LogP contribution in [0.5, 0.6) is 5.75 Å². The fourth-order valence-corrected chi connectivity index (χ4v) is 3.48. The number of carbonyl (C=O) groups is 2. The monoisotopic (exact) mass is 424 g/mol. The molecule has 2 N–H and O–H groups in total. The normalized spacial score (nSPS) is 14.5. The Kier molecular flexibility index (Phi) is 6.91. The minimum Gasteiger partial charge on any atom is -0.494 e. The lowest BCUT2D eigenvalue weighted by molar-refractivity contribution is -0.124. The van der Waals surface area contributed by atoms with Crippen LogP contribution in [0.3, 0.4) is 0 Å². The molecule has 0 aliphatic carbocycles. The van der Waals surface area contributed by atoms with Crippen molar-refractivity contribution in [2.75, 3.05) is 39.7 Å². The summed E-state index contributed by atoms with van der Waals surface area (Å²) >= 11 is 0. The molecule has 0 radical (unpaired) electrons. The molecule has 3 rings (SSSR count). The number of hydrogen-bond donors (Lipinski definition) is 2. The van der Waals surface area contributed by atoms with Gasteiger partial charge in [-0.1, -0.05) is 19.2 Å². The largest absolute Gasteiger partial charge is 0.494 e. The van der Waals surface area contributed by atoms with Crippen molar-refractivity contribution in [3.63, 3.8) is 0 Å². The fourth-order valence-electron chi connectivity index (χ4n) is 3.48. The number of fused-ring (bicyclic) bond motifs is 1. The fraction of sp³-hybridized carbons (Fsp3) is 0.348. The van der Waals surface area contributed by atoms with Crippen molar-refractivity contribution in [3.8, 4) is 5.75 Å². The minimum absolute atomic E-state index is 0.171. The second-order valence-corrected chi connectivity index (χ2v) is 7.59. The molecule has 0 unspecified atom stereocenters. The Bertz CT molecular complexity index is 1050. The van der Waals surface area contributed by atoms with E-state index in [-0.39, 0.29) is 17.1 Å². The van der Waals surface area contributed by atoms with Crippen molar-refractivity contribution in [2.45, 2.75) is 18.8 Å². The molecule has 0 bridgehead atoms. The summed E-state index contributed by atoms with van der Waals surface area (Å²) in [4.78, 5) is 33.6. The topological polar surface area (TPSA) is 96.6 Å². The molecule has 2 heterocycles. The molecule has 31 heavy (non-hydrogen) atoms. The number of rotatable bonds is 7. The lowest BCUT2D eigenvalue weighted by Gasteiger charge is -2.22. The maximum absolute atomic E-state index is 12.6. The highest BCUT2D eigenvalue weighted by Gasteiger charge is 2.22. The number of hydrogen-bond acceptors (Lipinski definition) is 5. The highest BCUT2D eigenvalue weighted by atomic mass is 16.5. The molecule has 2 aromatic rings. The average Bonchev–Trinajstić information content (AvgIpc) is 3.19. The van der Waals surface area contributed by atoms with E-state index in [2.05, 4.69) is 28.4 Å². The third-order valence-electron chi connectivity index (χ3n) is 5.21. The average molecular weight is 425 g/mol. The molecular formula is C23H28N4O4. The van der Waals surface area contributed by atoms with Gasteiger partial charge in [0.1, 0.15) is 11.3 Å². The van der Waals surface area contributed by atoms with E-state index in [9.17, 15) is 9.59 Å². The summed E-state index contributed by atoms with van der Waals surface area (Å²) in [6.45, 7) is 8.91. The van der Waals surface area contributed by atoms with E-state index in [0.29, 0.717) is 17.6 Å². The predicted molar refractivity (Wildman–Crippen MR) is 120 cm³/mol. The van der Waals surface area contributed by atoms with Crippen molar-refractivity contribution >= 4 is 28.8 Å². The highest BCUT2D eigenvalue weighted by molar-refractivity contribution is 6.05. The van der Waals surface area contributed by atoms with Gasteiger partial charge in [0.25, 0.3) is 11.8 Å². The molecule has 1 aliphatic rings. The Morgan fingerprint density at radius 3 is 2.55 bits per heavy atom. The maximum atomic E-state index is 12.6. The first-order valence-corrected chi connectivity index (χ1v) is 10.0. The Hall–Kier alpha value is -3.39. The maximum Gasteiger partial charge on any atom is 0.257 e. The molecule has 8 nitrogen and oxygen atoms in total. The molecule has 1 saturated heterocycles. The van der Waals surface area contributed by atoms with Gasteiger partial charge in [0.15, 0.2) is 0 Å². The van der Waals surface area contributed by atoms with E-state index in [0.717, 1.165) is 42.7 Å². The van der Waals surface area contributed by atoms with Crippen molar-refractivity contribution < 1.29 is 19.1 Å². The van der Waals surface area contributed by atoms with Gasteiger partial charge in [0.05, 0.1) is 12.6 Å². The van der Waals surface area contributed by atoms with Crippen LogP contribution in [0, 0.1) is 0 Å². The molecule has 2 amide bonds. The third-order valence-corrected chi connectivity index (χ3v) is 5.21. The number of nitrogens with zero attached hydrogens (tertiary/aromatic N) is 2. The lowest BCUT2D eigenvalue weighted by Crippen LogP contribution is -2.22. The first-order chi connectivity index (χ1) is 14.8. The number of nitrogens with one attached hydrogen (secondary N) is 2. The third kappa shape index (κ3) is 5.03. The zero-order valence-electron chi connectivity index (χ0n) is 18.2. The van der Waals surface area contributed by atoms with Crippen molar-refractivity contribution in [1.82, 2.24) is 14.9 Å². The number of aromatic amines is 1. The Morgan fingerprint density at radius 1 is 1.23 bits per heavy atom. The van der Waals surface area contributed by atoms with Crippen LogP contribution in [0.15, 0.2) is 48.6 Å². The van der Waals surface area contributed by atoms with Crippen LogP contribution in [-0.2, 0) is 14.3 Å². The highest BCUT2D eigenvalue weighted by Crippen LogP contribution is 2.36. The van der Waals surface area contributed by atoms with Gasteiger partial charge in [-0.05, 0) is 42.5 Å². The van der Waals surface area contributed by atoms with Crippen LogP contribution in [-0.4, -0.2) is 61.1 Å². The molecule has 164 valence electrons. The van der Waals surface area contributed by atoms with Crippen LogP contribution in [0.25, 0.3) is 11.0 Å². The molecule has 1 aromatic carbocycles. The Morgan fingerprint density at radius 2 is 1.90 bits per heavy atom. The summed E-state index contributed by atoms with van der Waals surface area (Å²) < 4.78 is 10.9. The molecule has 1 fully saturated rings. The van der Waals surface area contributed by atoms with Gasteiger partial charge < -0.3 is 19.4 Å². The first kappa shape index (κ1) is 22.3. The number of carbonyl (C=O) groups excluding carboxylic acids is 2. The predicted octanol–water partition coefficient (Wildman–Crippen LogP) is 3.16. The van der Waals surface area contributed by atoms with Gasteiger partial charge >= 0.3 is 0 Å². The number of methoxy groups -OCH3 is 1. The van der Waals surface area contributed by atoms with Crippen molar-refractivity contribution in [1.29, 1.82) is 0 Å². The van der Waals surface area contributed by atoms with E-state index in [1.165, 1.54) is 17.1 Å². The van der Waals surface area contributed by atoms with Crippen LogP contribution in [0.4, 0.5) is 5.95 Å². The number of benzene rings is 1. The summed E-state index contributed by atoms with van der Waals surface area (Å²) in [6.07, 6.45) is 4.77. The summed E-state index contributed by atoms with van der Waals surface area (Å²) in [7, 11) is 4.86. The summed E-state index contributed by atoms with van der Waals surface area (Å²) in [5.74, 6) is 0.611. The van der Waals surface area contributed by atoms with Crippen molar-refractivity contribution in [2.24, 2.45) is 0 Å². The second-order valence-electron chi connectivity index (χ2n) is 7.59. The molecule has 0 saturated carbocycles. The van der Waals surface area contributed by atoms with Gasteiger partial charge in [0.2, 0.25) is 5.95 Å². The van der Waals surface area contributed by atoms with E-state index < -0.39 is 5.91 Å². The van der Waals surface area contributed by atoms with Gasteiger partial charge in [-0.25, -0.2) is 4.98 Å². The summed E-state index contributed by atoms with van der Waals surface area (Å²) in [5, 5.41) is 2.73.